The van der Waals surface area contributed by atoms with E-state index in [-0.39, 0.29) is 0 Å². The van der Waals surface area contributed by atoms with E-state index in [1.165, 1.54) is 64.6 Å². The molecule has 0 aliphatic carbocycles. The third-order valence-corrected chi connectivity index (χ3v) is 3.96. The Morgan fingerprint density at radius 3 is 2.25 bits per heavy atom. The highest BCUT2D eigenvalue weighted by atomic mass is 15.1. The molecule has 16 heavy (non-hydrogen) atoms. The molecule has 1 saturated heterocycles. The van der Waals surface area contributed by atoms with Crippen LogP contribution in [0.4, 0.5) is 0 Å². The van der Waals surface area contributed by atoms with E-state index in [0.717, 1.165) is 11.8 Å². The fourth-order valence-corrected chi connectivity index (χ4v) is 3.08. The van der Waals surface area contributed by atoms with E-state index in [9.17, 15) is 0 Å². The van der Waals surface area contributed by atoms with Crippen molar-refractivity contribution in [3.8, 4) is 0 Å². The van der Waals surface area contributed by atoms with Crippen LogP contribution in [0.5, 0.6) is 0 Å². The van der Waals surface area contributed by atoms with Gasteiger partial charge in [-0.15, -0.1) is 0 Å². The second-order valence-corrected chi connectivity index (χ2v) is 5.93. The summed E-state index contributed by atoms with van der Waals surface area (Å²) in [6, 6.07) is 0. The first-order chi connectivity index (χ1) is 7.72. The maximum absolute atomic E-state index is 2.64. The summed E-state index contributed by atoms with van der Waals surface area (Å²) in [5.41, 5.74) is 0. The highest BCUT2D eigenvalue weighted by Crippen LogP contribution is 2.20. The van der Waals surface area contributed by atoms with Crippen LogP contribution in [0.25, 0.3) is 0 Å². The van der Waals surface area contributed by atoms with E-state index in [1.807, 2.05) is 0 Å². The summed E-state index contributed by atoms with van der Waals surface area (Å²) in [7, 11) is 0. The lowest BCUT2D eigenvalue weighted by Crippen LogP contribution is -2.20. The maximum atomic E-state index is 2.64. The van der Waals surface area contributed by atoms with E-state index in [2.05, 4.69) is 25.7 Å². The first-order valence-electron chi connectivity index (χ1n) is 7.44. The topological polar surface area (TPSA) is 3.24 Å². The minimum Gasteiger partial charge on any atom is -0.303 e. The molecule has 0 N–H and O–H groups in total. The van der Waals surface area contributed by atoms with E-state index in [0.29, 0.717) is 0 Å². The molecular weight excluding hydrogens is 194 g/mol. The van der Waals surface area contributed by atoms with Crippen molar-refractivity contribution in [1.82, 2.24) is 4.90 Å². The van der Waals surface area contributed by atoms with Gasteiger partial charge in [0, 0.05) is 0 Å². The number of rotatable bonds is 8. The number of hydrogen-bond donors (Lipinski definition) is 0. The van der Waals surface area contributed by atoms with Crippen molar-refractivity contribution < 1.29 is 0 Å². The van der Waals surface area contributed by atoms with Crippen LogP contribution in [0.2, 0.25) is 0 Å². The summed E-state index contributed by atoms with van der Waals surface area (Å²) in [5, 5.41) is 0. The predicted octanol–water partition coefficient (Wildman–Crippen LogP) is 4.32. The third kappa shape index (κ3) is 5.89. The monoisotopic (exact) mass is 225 g/mol. The van der Waals surface area contributed by atoms with Gasteiger partial charge in [-0.25, -0.2) is 0 Å². The van der Waals surface area contributed by atoms with Crippen LogP contribution in [-0.2, 0) is 0 Å². The summed E-state index contributed by atoms with van der Waals surface area (Å²) >= 11 is 0. The predicted molar refractivity (Wildman–Crippen MR) is 72.8 cm³/mol. The fourth-order valence-electron chi connectivity index (χ4n) is 3.08. The Labute approximate surface area is 103 Å². The normalized spacial score (nSPS) is 21.2. The summed E-state index contributed by atoms with van der Waals surface area (Å²) in [6.45, 7) is 11.2. The Hall–Kier alpha value is -0.0400. The lowest BCUT2D eigenvalue weighted by molar-refractivity contribution is 0.303. The zero-order chi connectivity index (χ0) is 11.8. The van der Waals surface area contributed by atoms with Crippen molar-refractivity contribution in [1.29, 1.82) is 0 Å². The molecule has 0 amide bonds. The molecule has 0 spiro atoms. The van der Waals surface area contributed by atoms with E-state index in [1.54, 1.807) is 0 Å². The van der Waals surface area contributed by atoms with Crippen molar-refractivity contribution in [2.45, 2.75) is 65.7 Å². The maximum Gasteiger partial charge on any atom is -0.00183 e. The summed E-state index contributed by atoms with van der Waals surface area (Å²) in [6.07, 6.45) is 9.92. The Balaban J connectivity index is 1.98. The van der Waals surface area contributed by atoms with Crippen molar-refractivity contribution in [3.05, 3.63) is 0 Å². The minimum absolute atomic E-state index is 0.934. The molecule has 0 aromatic heterocycles. The van der Waals surface area contributed by atoms with Crippen LogP contribution in [0.3, 0.4) is 0 Å². The van der Waals surface area contributed by atoms with Gasteiger partial charge in [-0.3, -0.25) is 0 Å². The van der Waals surface area contributed by atoms with Crippen molar-refractivity contribution in [2.24, 2.45) is 11.8 Å². The Bertz CT molecular complexity index is 161. The smallest absolute Gasteiger partial charge is 0.00183 e. The molecule has 0 saturated carbocycles. The van der Waals surface area contributed by atoms with Crippen molar-refractivity contribution in [3.63, 3.8) is 0 Å². The molecule has 0 radical (unpaired) electrons. The Kier molecular flexibility index (Phi) is 7.11. The molecule has 2 atom stereocenters. The molecule has 1 nitrogen and oxygen atoms in total. The van der Waals surface area contributed by atoms with Gasteiger partial charge in [-0.2, -0.15) is 0 Å². The largest absolute Gasteiger partial charge is 0.303 e. The molecule has 1 aliphatic rings. The molecule has 0 aromatic carbocycles. The highest BCUT2D eigenvalue weighted by molar-refractivity contribution is 4.67. The van der Waals surface area contributed by atoms with Crippen molar-refractivity contribution in [2.75, 3.05) is 19.6 Å². The average Bonchev–Trinajstić information content (AvgIpc) is 2.70. The van der Waals surface area contributed by atoms with Gasteiger partial charge < -0.3 is 4.90 Å². The van der Waals surface area contributed by atoms with Gasteiger partial charge >= 0.3 is 0 Å². The lowest BCUT2D eigenvalue weighted by Gasteiger charge is -2.19. The zero-order valence-electron chi connectivity index (χ0n) is 11.7. The molecule has 0 aromatic rings. The molecule has 1 heterocycles. The average molecular weight is 225 g/mol. The standard InChI is InChI=1S/C15H31N/c1-4-8-14(2)13-15(3)9-7-12-16-10-5-6-11-16/h14-15H,4-13H2,1-3H3. The van der Waals surface area contributed by atoms with Gasteiger partial charge in [-0.1, -0.05) is 33.6 Å². The fraction of sp³-hybridized carbons (Fsp3) is 1.00. The highest BCUT2D eigenvalue weighted by Gasteiger charge is 2.12. The first kappa shape index (κ1) is 14.0. The summed E-state index contributed by atoms with van der Waals surface area (Å²) in [5.74, 6) is 1.87. The van der Waals surface area contributed by atoms with E-state index in [4.69, 9.17) is 0 Å². The van der Waals surface area contributed by atoms with E-state index >= 15 is 0 Å². The molecule has 0 bridgehead atoms. The van der Waals surface area contributed by atoms with Crippen molar-refractivity contribution >= 4 is 0 Å². The van der Waals surface area contributed by atoms with Crippen LogP contribution < -0.4 is 0 Å². The second-order valence-electron chi connectivity index (χ2n) is 5.93. The van der Waals surface area contributed by atoms with Crippen LogP contribution in [-0.4, -0.2) is 24.5 Å². The van der Waals surface area contributed by atoms with Crippen LogP contribution >= 0.6 is 0 Å². The third-order valence-electron chi connectivity index (χ3n) is 3.96. The Morgan fingerprint density at radius 1 is 1.00 bits per heavy atom. The summed E-state index contributed by atoms with van der Waals surface area (Å²) < 4.78 is 0. The Morgan fingerprint density at radius 2 is 1.62 bits per heavy atom. The van der Waals surface area contributed by atoms with Gasteiger partial charge in [0.05, 0.1) is 0 Å². The SMILES string of the molecule is CCCC(C)CC(C)CCCN1CCCC1. The molecule has 2 unspecified atom stereocenters. The van der Waals surface area contributed by atoms with E-state index < -0.39 is 0 Å². The quantitative estimate of drug-likeness (QED) is 0.594. The van der Waals surface area contributed by atoms with Gasteiger partial charge in [0.1, 0.15) is 0 Å². The first-order valence-corrected chi connectivity index (χ1v) is 7.44. The summed E-state index contributed by atoms with van der Waals surface area (Å²) in [4.78, 5) is 2.64. The lowest BCUT2D eigenvalue weighted by atomic mass is 9.91. The molecule has 96 valence electrons. The molecular formula is C15H31N. The molecule has 1 fully saturated rings. The molecule has 1 rings (SSSR count). The van der Waals surface area contributed by atoms with Crippen LogP contribution in [0.15, 0.2) is 0 Å². The second kappa shape index (κ2) is 8.11. The zero-order valence-corrected chi connectivity index (χ0v) is 11.7. The van der Waals surface area contributed by atoms with Crippen LogP contribution in [0.1, 0.15) is 65.7 Å². The number of likely N-dealkylation sites (tertiary alicyclic amines) is 1. The van der Waals surface area contributed by atoms with Gasteiger partial charge in [0.15, 0.2) is 0 Å². The number of nitrogens with zero attached hydrogens (tertiary/aromatic N) is 1. The van der Waals surface area contributed by atoms with Crippen LogP contribution in [0, 0.1) is 11.8 Å². The molecule has 1 aliphatic heterocycles. The number of hydrogen-bond acceptors (Lipinski definition) is 1. The van der Waals surface area contributed by atoms with Gasteiger partial charge in [0.2, 0.25) is 0 Å². The van der Waals surface area contributed by atoms with Gasteiger partial charge in [0.25, 0.3) is 0 Å². The minimum atomic E-state index is 0.934. The van der Waals surface area contributed by atoms with Gasteiger partial charge in [-0.05, 0) is 63.6 Å². The molecule has 1 heteroatoms.